The van der Waals surface area contributed by atoms with Crippen molar-refractivity contribution in [2.45, 2.75) is 20.0 Å². The van der Waals surface area contributed by atoms with Crippen molar-refractivity contribution in [1.82, 2.24) is 5.32 Å². The summed E-state index contributed by atoms with van der Waals surface area (Å²) in [5.74, 6) is 0. The van der Waals surface area contributed by atoms with Gasteiger partial charge >= 0.3 is 90.9 Å². The molecule has 0 atom stereocenters. The molecule has 0 unspecified atom stereocenters. The minimum atomic E-state index is 0.620. The Bertz CT molecular complexity index is 279. The number of hydrogen-bond donors (Lipinski definition) is 2. The van der Waals surface area contributed by atoms with Crippen LogP contribution in [0.15, 0.2) is 24.3 Å². The molecule has 3 heteroatoms. The van der Waals surface area contributed by atoms with Crippen LogP contribution in [-0.2, 0) is 33.7 Å². The molecule has 0 saturated heterocycles. The Hall–Kier alpha value is -0.250. The fourth-order valence-electron chi connectivity index (χ4n) is 1.02. The van der Waals surface area contributed by atoms with Crippen molar-refractivity contribution < 1.29 is 20.6 Å². The summed E-state index contributed by atoms with van der Waals surface area (Å²) in [6, 6.07) is 8.38. The molecule has 0 heterocycles. The van der Waals surface area contributed by atoms with E-state index < -0.39 is 0 Å². The number of benzene rings is 1. The number of nitrogens with one attached hydrogen (secondary N) is 1. The summed E-state index contributed by atoms with van der Waals surface area (Å²) in [6.07, 6.45) is 0. The first-order valence-electron chi connectivity index (χ1n) is 4.26. The van der Waals surface area contributed by atoms with Crippen LogP contribution in [0, 0.1) is 0 Å². The van der Waals surface area contributed by atoms with Crippen LogP contribution in [0.25, 0.3) is 0 Å². The molecule has 0 amide bonds. The van der Waals surface area contributed by atoms with Crippen molar-refractivity contribution in [3.8, 4) is 0 Å². The Labute approximate surface area is 90.9 Å². The van der Waals surface area contributed by atoms with Gasteiger partial charge in [-0.15, -0.1) is 0 Å². The fraction of sp³-hybridized carbons (Fsp3) is 0.300. The van der Waals surface area contributed by atoms with Crippen molar-refractivity contribution in [3.05, 3.63) is 35.4 Å². The molecular weight excluding hydrogens is 241 g/mol. The molecule has 69 valence electrons. The molecular formula is C10H14N2Nb. The molecule has 0 radical (unpaired) electrons. The first-order chi connectivity index (χ1) is 6.22. The molecule has 0 bridgehead atoms. The van der Waals surface area contributed by atoms with E-state index in [9.17, 15) is 0 Å². The molecule has 2 nitrogen and oxygen atoms in total. The van der Waals surface area contributed by atoms with Crippen LogP contribution in [0.1, 0.15) is 18.1 Å². The summed E-state index contributed by atoms with van der Waals surface area (Å²) in [7, 11) is 0. The van der Waals surface area contributed by atoms with Gasteiger partial charge in [0.25, 0.3) is 0 Å². The summed E-state index contributed by atoms with van der Waals surface area (Å²) in [6.45, 7) is 3.61. The maximum atomic E-state index is 5.50. The molecule has 1 aromatic rings. The molecule has 0 fully saturated rings. The predicted molar refractivity (Wildman–Crippen MR) is 51.9 cm³/mol. The van der Waals surface area contributed by atoms with Gasteiger partial charge < -0.3 is 0 Å². The molecule has 0 saturated carbocycles. The normalized spacial score (nSPS) is 9.92. The summed E-state index contributed by atoms with van der Waals surface area (Å²) in [5.41, 5.74) is 7.99. The van der Waals surface area contributed by atoms with Crippen LogP contribution in [0.2, 0.25) is 0 Å². The van der Waals surface area contributed by atoms with E-state index in [1.165, 1.54) is 15.0 Å². The van der Waals surface area contributed by atoms with Crippen molar-refractivity contribution in [3.63, 3.8) is 0 Å². The third kappa shape index (κ3) is 3.98. The van der Waals surface area contributed by atoms with E-state index in [0.717, 1.165) is 6.54 Å². The molecule has 1 aromatic carbocycles. The number of rotatable bonds is 4. The third-order valence-corrected chi connectivity index (χ3v) is 2.20. The van der Waals surface area contributed by atoms with Gasteiger partial charge in [-0.05, 0) is 0 Å². The van der Waals surface area contributed by atoms with Gasteiger partial charge in [-0.3, -0.25) is 0 Å². The molecule has 0 aromatic heterocycles. The summed E-state index contributed by atoms with van der Waals surface area (Å²) >= 11 is 1.72. The second-order valence-electron chi connectivity index (χ2n) is 2.96. The van der Waals surface area contributed by atoms with Gasteiger partial charge in [0.2, 0.25) is 0 Å². The Morgan fingerprint density at radius 1 is 1.31 bits per heavy atom. The monoisotopic (exact) mass is 255 g/mol. The van der Waals surface area contributed by atoms with Crippen LogP contribution in [0.4, 0.5) is 0 Å². The van der Waals surface area contributed by atoms with E-state index >= 15 is 0 Å². The third-order valence-electron chi connectivity index (χ3n) is 1.81. The van der Waals surface area contributed by atoms with E-state index in [1.54, 1.807) is 20.6 Å². The molecule has 0 spiro atoms. The molecule has 3 N–H and O–H groups in total. The summed E-state index contributed by atoms with van der Waals surface area (Å²) < 4.78 is 1.29. The van der Waals surface area contributed by atoms with E-state index in [2.05, 4.69) is 36.5 Å². The van der Waals surface area contributed by atoms with Crippen molar-refractivity contribution in [2.24, 2.45) is 5.73 Å². The first-order valence-corrected chi connectivity index (χ1v) is 5.36. The number of hydrogen-bond acceptors (Lipinski definition) is 2. The number of nitrogens with two attached hydrogens (primary N) is 1. The van der Waals surface area contributed by atoms with Crippen molar-refractivity contribution in [1.29, 1.82) is 0 Å². The van der Waals surface area contributed by atoms with Gasteiger partial charge in [0.1, 0.15) is 0 Å². The zero-order valence-electron chi connectivity index (χ0n) is 7.75. The van der Waals surface area contributed by atoms with Gasteiger partial charge in [0, 0.05) is 0 Å². The Balaban J connectivity index is 2.54. The van der Waals surface area contributed by atoms with Gasteiger partial charge in [-0.25, -0.2) is 0 Å². The van der Waals surface area contributed by atoms with Crippen LogP contribution in [0.3, 0.4) is 0 Å². The first kappa shape index (κ1) is 10.8. The van der Waals surface area contributed by atoms with E-state index in [0.29, 0.717) is 6.54 Å². The Morgan fingerprint density at radius 2 is 1.85 bits per heavy atom. The average Bonchev–Trinajstić information content (AvgIpc) is 2.15. The SMILES string of the molecule is C[C](=[Nb])NCc1ccc(CN)cc1. The van der Waals surface area contributed by atoms with E-state index in [-0.39, 0.29) is 0 Å². The molecule has 0 aliphatic rings. The topological polar surface area (TPSA) is 38.0 Å². The maximum absolute atomic E-state index is 5.50. The molecule has 0 aliphatic heterocycles. The summed E-state index contributed by atoms with van der Waals surface area (Å²) in [4.78, 5) is 0. The summed E-state index contributed by atoms with van der Waals surface area (Å²) in [5, 5.41) is 3.31. The van der Waals surface area contributed by atoms with Gasteiger partial charge in [-0.1, -0.05) is 0 Å². The zero-order valence-corrected chi connectivity index (χ0v) is 9.95. The standard InChI is InChI=1S/C10H14N2.Nb/c1-2-12-8-10-5-3-9(7-11)4-6-10;/h3-6,12H,7-8,11H2,1H3;. The average molecular weight is 255 g/mol. The minimum absolute atomic E-state index is 0.620. The van der Waals surface area contributed by atoms with E-state index in [1.807, 2.05) is 0 Å². The Morgan fingerprint density at radius 3 is 2.31 bits per heavy atom. The zero-order chi connectivity index (χ0) is 9.68. The van der Waals surface area contributed by atoms with E-state index in [4.69, 9.17) is 5.73 Å². The molecule has 0 aliphatic carbocycles. The van der Waals surface area contributed by atoms with Gasteiger partial charge in [-0.2, -0.15) is 0 Å². The fourth-order valence-corrected chi connectivity index (χ4v) is 1.22. The van der Waals surface area contributed by atoms with Crippen LogP contribution in [-0.4, -0.2) is 3.85 Å². The van der Waals surface area contributed by atoms with Crippen LogP contribution in [0.5, 0.6) is 0 Å². The van der Waals surface area contributed by atoms with Gasteiger partial charge in [0.15, 0.2) is 0 Å². The second-order valence-corrected chi connectivity index (χ2v) is 4.61. The van der Waals surface area contributed by atoms with Crippen LogP contribution < -0.4 is 11.1 Å². The predicted octanol–water partition coefficient (Wildman–Crippen LogP) is 0.931. The van der Waals surface area contributed by atoms with Crippen molar-refractivity contribution in [2.75, 3.05) is 0 Å². The molecule has 13 heavy (non-hydrogen) atoms. The van der Waals surface area contributed by atoms with Crippen LogP contribution >= 0.6 is 0 Å². The quantitative estimate of drug-likeness (QED) is 0.785. The van der Waals surface area contributed by atoms with Crippen molar-refractivity contribution >= 4 is 3.85 Å². The van der Waals surface area contributed by atoms with Gasteiger partial charge in [0.05, 0.1) is 0 Å². The Kier molecular flexibility index (Phi) is 4.56. The second kappa shape index (κ2) is 5.47. The molecule has 1 rings (SSSR count).